The summed E-state index contributed by atoms with van der Waals surface area (Å²) in [5.41, 5.74) is 2.29. The molecule has 9 heteroatoms. The first kappa shape index (κ1) is 30.2. The maximum atomic E-state index is 13.5. The Morgan fingerprint density at radius 1 is 1.05 bits per heavy atom. The summed E-state index contributed by atoms with van der Waals surface area (Å²) in [5, 5.41) is 3.00. The van der Waals surface area contributed by atoms with E-state index in [2.05, 4.69) is 5.32 Å². The Balaban J connectivity index is 2.26. The highest BCUT2D eigenvalue weighted by Crippen LogP contribution is 2.23. The van der Waals surface area contributed by atoms with Gasteiger partial charge in [0.25, 0.3) is 0 Å². The van der Waals surface area contributed by atoms with Crippen LogP contribution < -0.4 is 14.4 Å². The summed E-state index contributed by atoms with van der Waals surface area (Å²) in [7, 11) is -1.95. The van der Waals surface area contributed by atoms with Gasteiger partial charge in [-0.25, -0.2) is 8.42 Å². The summed E-state index contributed by atoms with van der Waals surface area (Å²) in [5.74, 6) is 0.280. The largest absolute Gasteiger partial charge is 0.497 e. The van der Waals surface area contributed by atoms with Gasteiger partial charge in [0.05, 0.1) is 19.1 Å². The highest BCUT2D eigenvalue weighted by molar-refractivity contribution is 7.92. The van der Waals surface area contributed by atoms with Crippen LogP contribution in [-0.4, -0.2) is 57.1 Å². The van der Waals surface area contributed by atoms with Crippen molar-refractivity contribution in [1.82, 2.24) is 10.2 Å². The zero-order chi connectivity index (χ0) is 27.6. The Hall–Kier alpha value is -3.07. The Bertz CT molecular complexity index is 1150. The number of carbonyl (C=O) groups excluding carboxylic acids is 2. The van der Waals surface area contributed by atoms with E-state index in [9.17, 15) is 18.0 Å². The molecule has 0 bridgehead atoms. The summed E-state index contributed by atoms with van der Waals surface area (Å²) in [6, 6.07) is 14.0. The quantitative estimate of drug-likeness (QED) is 0.393. The molecule has 0 fully saturated rings. The van der Waals surface area contributed by atoms with Crippen molar-refractivity contribution < 1.29 is 22.7 Å². The third-order valence-electron chi connectivity index (χ3n) is 6.41. The lowest BCUT2D eigenvalue weighted by atomic mass is 10.1. The number of amides is 2. The first-order valence-electron chi connectivity index (χ1n) is 12.8. The number of ether oxygens (including phenoxy) is 1. The molecule has 8 nitrogen and oxygen atoms in total. The summed E-state index contributed by atoms with van der Waals surface area (Å²) in [6.45, 7) is 8.08. The monoisotopic (exact) mass is 531 g/mol. The van der Waals surface area contributed by atoms with Crippen LogP contribution in [0.5, 0.6) is 5.75 Å². The molecule has 0 aromatic heterocycles. The van der Waals surface area contributed by atoms with Gasteiger partial charge >= 0.3 is 0 Å². The molecule has 2 atom stereocenters. The van der Waals surface area contributed by atoms with E-state index in [-0.39, 0.29) is 37.4 Å². The molecule has 0 aliphatic heterocycles. The van der Waals surface area contributed by atoms with E-state index >= 15 is 0 Å². The molecule has 2 aromatic rings. The smallest absolute Gasteiger partial charge is 0.243 e. The van der Waals surface area contributed by atoms with Gasteiger partial charge < -0.3 is 15.0 Å². The number of methoxy groups -OCH3 is 1. The molecule has 0 spiro atoms. The van der Waals surface area contributed by atoms with Crippen molar-refractivity contribution in [2.45, 2.75) is 72.0 Å². The fourth-order valence-corrected chi connectivity index (χ4v) is 5.18. The molecule has 204 valence electrons. The van der Waals surface area contributed by atoms with Crippen LogP contribution in [0.3, 0.4) is 0 Å². The van der Waals surface area contributed by atoms with Crippen LogP contribution in [0.15, 0.2) is 48.5 Å². The first-order chi connectivity index (χ1) is 17.5. The minimum atomic E-state index is -3.54. The van der Waals surface area contributed by atoms with Crippen LogP contribution in [0.1, 0.15) is 57.6 Å². The van der Waals surface area contributed by atoms with Crippen LogP contribution in [0.4, 0.5) is 5.69 Å². The summed E-state index contributed by atoms with van der Waals surface area (Å²) >= 11 is 0. The van der Waals surface area contributed by atoms with E-state index in [0.29, 0.717) is 24.3 Å². The van der Waals surface area contributed by atoms with Gasteiger partial charge in [-0.05, 0) is 62.4 Å². The molecule has 2 aromatic carbocycles. The lowest BCUT2D eigenvalue weighted by Gasteiger charge is -2.32. The van der Waals surface area contributed by atoms with Crippen LogP contribution in [0, 0.1) is 6.92 Å². The molecule has 0 unspecified atom stereocenters. The van der Waals surface area contributed by atoms with Gasteiger partial charge in [0, 0.05) is 25.6 Å². The zero-order valence-electron chi connectivity index (χ0n) is 22.9. The Morgan fingerprint density at radius 3 is 2.35 bits per heavy atom. The third kappa shape index (κ3) is 8.77. The van der Waals surface area contributed by atoms with Crippen molar-refractivity contribution in [3.8, 4) is 5.75 Å². The number of anilines is 1. The van der Waals surface area contributed by atoms with E-state index in [0.717, 1.165) is 17.5 Å². The number of hydrogen-bond acceptors (Lipinski definition) is 5. The second-order valence-corrected chi connectivity index (χ2v) is 11.2. The molecule has 0 saturated heterocycles. The normalized spacial score (nSPS) is 12.9. The molecular weight excluding hydrogens is 490 g/mol. The summed E-state index contributed by atoms with van der Waals surface area (Å²) < 4.78 is 31.7. The summed E-state index contributed by atoms with van der Waals surface area (Å²) in [6.07, 6.45) is 2.83. The number of carbonyl (C=O) groups is 2. The van der Waals surface area contributed by atoms with Gasteiger partial charge in [-0.15, -0.1) is 0 Å². The van der Waals surface area contributed by atoms with Crippen LogP contribution in [0.25, 0.3) is 0 Å². The highest BCUT2D eigenvalue weighted by Gasteiger charge is 2.29. The van der Waals surface area contributed by atoms with Gasteiger partial charge in [0.2, 0.25) is 21.8 Å². The molecule has 0 aliphatic rings. The van der Waals surface area contributed by atoms with E-state index in [1.165, 1.54) is 10.6 Å². The average Bonchev–Trinajstić information content (AvgIpc) is 2.86. The number of rotatable bonds is 14. The molecule has 0 heterocycles. The number of sulfonamides is 1. The van der Waals surface area contributed by atoms with E-state index in [4.69, 9.17) is 4.74 Å². The standard InChI is InChI=1S/C28H41N3O5S/c1-7-22(4)29-28(33)25(8-2)30(20-23-14-11-15-24(19-23)36-5)27(32)17-12-18-31(37(6,34)35)26-16-10-9-13-21(26)3/h9-11,13-16,19,22,25H,7-8,12,17-18,20H2,1-6H3,(H,29,33)/t22-,25+/m1/s1. The first-order valence-corrected chi connectivity index (χ1v) is 14.6. The van der Waals surface area contributed by atoms with E-state index < -0.39 is 16.1 Å². The minimum Gasteiger partial charge on any atom is -0.497 e. The van der Waals surface area contributed by atoms with Crippen molar-refractivity contribution in [2.24, 2.45) is 0 Å². The van der Waals surface area contributed by atoms with Crippen molar-refractivity contribution in [3.05, 3.63) is 59.7 Å². The number of hydrogen-bond donors (Lipinski definition) is 1. The minimum absolute atomic E-state index is 0.00671. The van der Waals surface area contributed by atoms with Crippen LogP contribution >= 0.6 is 0 Å². The molecule has 2 amide bonds. The summed E-state index contributed by atoms with van der Waals surface area (Å²) in [4.78, 5) is 28.3. The fourth-order valence-electron chi connectivity index (χ4n) is 4.15. The topological polar surface area (TPSA) is 96.0 Å². The van der Waals surface area contributed by atoms with Gasteiger partial charge in [-0.2, -0.15) is 0 Å². The second-order valence-electron chi connectivity index (χ2n) is 9.34. The molecule has 37 heavy (non-hydrogen) atoms. The Kier molecular flexibility index (Phi) is 11.4. The van der Waals surface area contributed by atoms with Gasteiger partial charge in [0.15, 0.2) is 0 Å². The predicted octanol–water partition coefficient (Wildman–Crippen LogP) is 4.27. The average molecular weight is 532 g/mol. The lowest BCUT2D eigenvalue weighted by molar-refractivity contribution is -0.141. The van der Waals surface area contributed by atoms with Gasteiger partial charge in [0.1, 0.15) is 11.8 Å². The van der Waals surface area contributed by atoms with Gasteiger partial charge in [-0.3, -0.25) is 13.9 Å². The van der Waals surface area contributed by atoms with Crippen molar-refractivity contribution >= 4 is 27.5 Å². The molecule has 2 rings (SSSR count). The second kappa shape index (κ2) is 14.0. The third-order valence-corrected chi connectivity index (χ3v) is 7.59. The van der Waals surface area contributed by atoms with Crippen LogP contribution in [-0.2, 0) is 26.2 Å². The lowest BCUT2D eigenvalue weighted by Crippen LogP contribution is -2.50. The number of nitrogens with zero attached hydrogens (tertiary/aromatic N) is 2. The van der Waals surface area contributed by atoms with E-state index in [1.54, 1.807) is 24.1 Å². The number of aryl methyl sites for hydroxylation is 1. The van der Waals surface area contributed by atoms with Gasteiger partial charge in [-0.1, -0.05) is 44.2 Å². The SMILES string of the molecule is CC[C@@H](C)NC(=O)[C@H](CC)N(Cc1cccc(OC)c1)C(=O)CCCN(c1ccccc1C)S(C)(=O)=O. The van der Waals surface area contributed by atoms with Crippen LogP contribution in [0.2, 0.25) is 0 Å². The fraction of sp³-hybridized carbons (Fsp3) is 0.500. The number of para-hydroxylation sites is 1. The van der Waals surface area contributed by atoms with Crippen molar-refractivity contribution in [2.75, 3.05) is 24.2 Å². The number of benzene rings is 2. The van der Waals surface area contributed by atoms with Crippen molar-refractivity contribution in [3.63, 3.8) is 0 Å². The number of nitrogens with one attached hydrogen (secondary N) is 1. The molecule has 0 aliphatic carbocycles. The highest BCUT2D eigenvalue weighted by atomic mass is 32.2. The molecule has 0 saturated carbocycles. The molecule has 1 N–H and O–H groups in total. The van der Waals surface area contributed by atoms with E-state index in [1.807, 2.05) is 64.1 Å². The predicted molar refractivity (Wildman–Crippen MR) is 148 cm³/mol. The molecular formula is C28H41N3O5S. The maximum absolute atomic E-state index is 13.5. The van der Waals surface area contributed by atoms with Crippen molar-refractivity contribution in [1.29, 1.82) is 0 Å². The Morgan fingerprint density at radius 2 is 1.76 bits per heavy atom. The zero-order valence-corrected chi connectivity index (χ0v) is 23.7. The maximum Gasteiger partial charge on any atom is 0.243 e. The molecule has 0 radical (unpaired) electrons. The Labute approximate surface area is 222 Å².